The van der Waals surface area contributed by atoms with Crippen molar-refractivity contribution in [2.24, 2.45) is 0 Å². The first-order chi connectivity index (χ1) is 11.5. The largest absolute Gasteiger partial charge is 0.491 e. The van der Waals surface area contributed by atoms with E-state index in [0.717, 1.165) is 31.9 Å². The zero-order valence-corrected chi connectivity index (χ0v) is 15.3. The summed E-state index contributed by atoms with van der Waals surface area (Å²) in [6.45, 7) is 7.95. The summed E-state index contributed by atoms with van der Waals surface area (Å²) in [5.74, 6) is 0.941. The average molecular weight is 327 g/mol. The predicted molar refractivity (Wildman–Crippen MR) is 99.1 cm³/mol. The number of nitrogens with zero attached hydrogens (tertiary/aromatic N) is 3. The quantitative estimate of drug-likeness (QED) is 0.705. The van der Waals surface area contributed by atoms with Crippen LogP contribution in [0.15, 0.2) is 48.8 Å². The Kier molecular flexibility index (Phi) is 7.22. The van der Waals surface area contributed by atoms with Crippen LogP contribution in [0.25, 0.3) is 0 Å². The molecule has 1 aromatic heterocycles. The summed E-state index contributed by atoms with van der Waals surface area (Å²) in [6, 6.07) is 12.5. The van der Waals surface area contributed by atoms with Crippen LogP contribution >= 0.6 is 0 Å². The van der Waals surface area contributed by atoms with Crippen LogP contribution in [0.4, 0.5) is 0 Å². The van der Waals surface area contributed by atoms with Crippen LogP contribution in [-0.2, 0) is 13.1 Å². The second-order valence-electron chi connectivity index (χ2n) is 6.69. The van der Waals surface area contributed by atoms with Crippen molar-refractivity contribution < 1.29 is 4.74 Å². The second-order valence-corrected chi connectivity index (χ2v) is 6.69. The van der Waals surface area contributed by atoms with Gasteiger partial charge in [-0.3, -0.25) is 9.88 Å². The van der Waals surface area contributed by atoms with Gasteiger partial charge < -0.3 is 9.64 Å². The van der Waals surface area contributed by atoms with E-state index in [1.807, 2.05) is 24.5 Å². The Morgan fingerprint density at radius 3 is 2.42 bits per heavy atom. The molecule has 0 unspecified atom stereocenters. The number of hydrogen-bond donors (Lipinski definition) is 0. The van der Waals surface area contributed by atoms with Gasteiger partial charge in [-0.05, 0) is 57.3 Å². The van der Waals surface area contributed by atoms with Gasteiger partial charge in [-0.2, -0.15) is 0 Å². The Hall–Kier alpha value is -1.91. The molecule has 24 heavy (non-hydrogen) atoms. The number of pyridine rings is 1. The van der Waals surface area contributed by atoms with Gasteiger partial charge in [0.25, 0.3) is 0 Å². The summed E-state index contributed by atoms with van der Waals surface area (Å²) >= 11 is 0. The predicted octanol–water partition coefficient (Wildman–Crippen LogP) is 3.43. The monoisotopic (exact) mass is 327 g/mol. The normalized spacial score (nSPS) is 11.5. The highest BCUT2D eigenvalue weighted by Crippen LogP contribution is 2.17. The fourth-order valence-electron chi connectivity index (χ4n) is 2.55. The molecule has 0 N–H and O–H groups in total. The molecular formula is C20H29N3O. The summed E-state index contributed by atoms with van der Waals surface area (Å²) in [6.07, 6.45) is 3.96. The molecule has 0 aliphatic heterocycles. The van der Waals surface area contributed by atoms with Crippen LogP contribution in [0.2, 0.25) is 0 Å². The van der Waals surface area contributed by atoms with Gasteiger partial charge in [-0.25, -0.2) is 0 Å². The number of aromatic nitrogens is 1. The van der Waals surface area contributed by atoms with E-state index in [9.17, 15) is 0 Å². The Labute approximate surface area is 146 Å². The van der Waals surface area contributed by atoms with E-state index in [1.165, 1.54) is 11.1 Å². The van der Waals surface area contributed by atoms with Gasteiger partial charge in [-0.15, -0.1) is 0 Å². The van der Waals surface area contributed by atoms with E-state index in [1.54, 1.807) is 0 Å². The fraction of sp³-hybridized carbons (Fsp3) is 0.450. The molecule has 1 heterocycles. The minimum Gasteiger partial charge on any atom is -0.491 e. The van der Waals surface area contributed by atoms with Crippen molar-refractivity contribution in [1.82, 2.24) is 14.8 Å². The van der Waals surface area contributed by atoms with Gasteiger partial charge in [0.05, 0.1) is 6.10 Å². The zero-order valence-electron chi connectivity index (χ0n) is 15.3. The van der Waals surface area contributed by atoms with Crippen molar-refractivity contribution in [1.29, 1.82) is 0 Å². The first kappa shape index (κ1) is 18.4. The topological polar surface area (TPSA) is 28.6 Å². The molecule has 0 radical (unpaired) electrons. The number of hydrogen-bond acceptors (Lipinski definition) is 4. The standard InChI is InChI=1S/C20H29N3O/c1-17(2)24-20-9-5-7-18(13-20)15-23(12-11-22(3)4)16-19-8-6-10-21-14-19/h5-10,13-14,17H,11-12,15-16H2,1-4H3. The SMILES string of the molecule is CC(C)Oc1cccc(CN(CCN(C)C)Cc2cccnc2)c1. The number of rotatable bonds is 9. The van der Waals surface area contributed by atoms with Gasteiger partial charge in [0.2, 0.25) is 0 Å². The molecule has 0 aliphatic rings. The van der Waals surface area contributed by atoms with Crippen molar-refractivity contribution in [2.75, 3.05) is 27.2 Å². The Balaban J connectivity index is 2.06. The molecule has 1 aromatic carbocycles. The highest BCUT2D eigenvalue weighted by atomic mass is 16.5. The van der Waals surface area contributed by atoms with Gasteiger partial charge in [0.15, 0.2) is 0 Å². The minimum absolute atomic E-state index is 0.195. The number of likely N-dealkylation sites (N-methyl/N-ethyl adjacent to an activating group) is 1. The Morgan fingerprint density at radius 2 is 1.75 bits per heavy atom. The summed E-state index contributed by atoms with van der Waals surface area (Å²) in [5.41, 5.74) is 2.52. The average Bonchev–Trinajstić information content (AvgIpc) is 2.53. The first-order valence-corrected chi connectivity index (χ1v) is 8.54. The maximum absolute atomic E-state index is 5.82. The third-order valence-electron chi connectivity index (χ3n) is 3.67. The fourth-order valence-corrected chi connectivity index (χ4v) is 2.55. The molecule has 0 fully saturated rings. The maximum Gasteiger partial charge on any atom is 0.120 e. The smallest absolute Gasteiger partial charge is 0.120 e. The lowest BCUT2D eigenvalue weighted by Crippen LogP contribution is -2.31. The van der Waals surface area contributed by atoms with Crippen molar-refractivity contribution in [3.05, 3.63) is 59.9 Å². The Bertz CT molecular complexity index is 599. The lowest BCUT2D eigenvalue weighted by Gasteiger charge is -2.24. The van der Waals surface area contributed by atoms with Crippen molar-refractivity contribution in [3.63, 3.8) is 0 Å². The van der Waals surface area contributed by atoms with Crippen molar-refractivity contribution in [2.45, 2.75) is 33.0 Å². The first-order valence-electron chi connectivity index (χ1n) is 8.54. The van der Waals surface area contributed by atoms with Crippen LogP contribution in [0.5, 0.6) is 5.75 Å². The van der Waals surface area contributed by atoms with Gasteiger partial charge in [-0.1, -0.05) is 18.2 Å². The second kappa shape index (κ2) is 9.40. The van der Waals surface area contributed by atoms with Crippen LogP contribution in [0.3, 0.4) is 0 Å². The number of ether oxygens (including phenoxy) is 1. The molecule has 0 bridgehead atoms. The third-order valence-corrected chi connectivity index (χ3v) is 3.67. The van der Waals surface area contributed by atoms with E-state index >= 15 is 0 Å². The molecule has 0 atom stereocenters. The molecule has 0 spiro atoms. The van der Waals surface area contributed by atoms with Gasteiger partial charge >= 0.3 is 0 Å². The van der Waals surface area contributed by atoms with Gasteiger partial charge in [0.1, 0.15) is 5.75 Å². The molecule has 0 saturated carbocycles. The van der Waals surface area contributed by atoms with E-state index in [4.69, 9.17) is 4.74 Å². The minimum atomic E-state index is 0.195. The lowest BCUT2D eigenvalue weighted by molar-refractivity contribution is 0.224. The van der Waals surface area contributed by atoms with Crippen LogP contribution in [0, 0.1) is 0 Å². The molecule has 4 heteroatoms. The molecule has 130 valence electrons. The highest BCUT2D eigenvalue weighted by molar-refractivity contribution is 5.28. The molecule has 0 amide bonds. The molecule has 2 aromatic rings. The van der Waals surface area contributed by atoms with E-state index < -0.39 is 0 Å². The summed E-state index contributed by atoms with van der Waals surface area (Å²) in [7, 11) is 4.22. The number of benzene rings is 1. The van der Waals surface area contributed by atoms with E-state index in [2.05, 4.69) is 67.0 Å². The van der Waals surface area contributed by atoms with Crippen LogP contribution in [-0.4, -0.2) is 48.1 Å². The van der Waals surface area contributed by atoms with Crippen LogP contribution < -0.4 is 4.74 Å². The molecule has 2 rings (SSSR count). The summed E-state index contributed by atoms with van der Waals surface area (Å²) < 4.78 is 5.82. The Morgan fingerprint density at radius 1 is 1.00 bits per heavy atom. The zero-order chi connectivity index (χ0) is 17.4. The molecule has 0 aliphatic carbocycles. The molecular weight excluding hydrogens is 298 g/mol. The molecule has 0 saturated heterocycles. The molecule has 4 nitrogen and oxygen atoms in total. The van der Waals surface area contributed by atoms with E-state index in [0.29, 0.717) is 0 Å². The summed E-state index contributed by atoms with van der Waals surface area (Å²) in [4.78, 5) is 8.90. The third kappa shape index (κ3) is 6.69. The van der Waals surface area contributed by atoms with Crippen molar-refractivity contribution >= 4 is 0 Å². The van der Waals surface area contributed by atoms with Crippen LogP contribution in [0.1, 0.15) is 25.0 Å². The maximum atomic E-state index is 5.82. The van der Waals surface area contributed by atoms with E-state index in [-0.39, 0.29) is 6.10 Å². The highest BCUT2D eigenvalue weighted by Gasteiger charge is 2.09. The van der Waals surface area contributed by atoms with Gasteiger partial charge in [0, 0.05) is 38.6 Å². The summed E-state index contributed by atoms with van der Waals surface area (Å²) in [5, 5.41) is 0. The lowest BCUT2D eigenvalue weighted by atomic mass is 10.2. The van der Waals surface area contributed by atoms with Crippen molar-refractivity contribution in [3.8, 4) is 5.75 Å².